The molecule has 3 nitrogen and oxygen atoms in total. The molecule has 126 valence electrons. The largest absolute Gasteiger partial charge is 0.337 e. The van der Waals surface area contributed by atoms with Gasteiger partial charge in [-0.25, -0.2) is 4.39 Å². The number of likely N-dealkylation sites (N-methyl/N-ethyl adjacent to an activating group) is 1. The number of rotatable bonds is 4. The van der Waals surface area contributed by atoms with E-state index < -0.39 is 0 Å². The lowest BCUT2D eigenvalue weighted by Gasteiger charge is -2.33. The van der Waals surface area contributed by atoms with Gasteiger partial charge in [0.15, 0.2) is 0 Å². The van der Waals surface area contributed by atoms with Crippen molar-refractivity contribution < 1.29 is 9.18 Å². The minimum atomic E-state index is -0.209. The predicted octanol–water partition coefficient (Wildman–Crippen LogP) is 3.34. The van der Waals surface area contributed by atoms with Crippen LogP contribution in [0.3, 0.4) is 0 Å². The number of carbonyl (C=O) groups excluding carboxylic acids is 1. The summed E-state index contributed by atoms with van der Waals surface area (Å²) in [6, 6.07) is 5.06. The Balaban J connectivity index is 2.18. The lowest BCUT2D eigenvalue weighted by atomic mass is 9.93. The molecule has 0 spiro atoms. The lowest BCUT2D eigenvalue weighted by molar-refractivity contribution is -0.127. The minimum Gasteiger partial charge on any atom is -0.337 e. The van der Waals surface area contributed by atoms with Crippen molar-refractivity contribution in [3.8, 4) is 0 Å². The molecule has 1 aliphatic heterocycles. The highest BCUT2D eigenvalue weighted by atomic mass is 19.1. The van der Waals surface area contributed by atoms with Gasteiger partial charge >= 0.3 is 0 Å². The number of halogens is 1. The Labute approximate surface area is 138 Å². The number of carbonyl (C=O) groups is 1. The van der Waals surface area contributed by atoms with Gasteiger partial charge in [-0.2, -0.15) is 0 Å². The van der Waals surface area contributed by atoms with Crippen molar-refractivity contribution in [1.82, 2.24) is 9.80 Å². The van der Waals surface area contributed by atoms with Crippen LogP contribution < -0.4 is 0 Å². The van der Waals surface area contributed by atoms with Crippen molar-refractivity contribution in [2.75, 3.05) is 32.7 Å². The average Bonchev–Trinajstić information content (AvgIpc) is 2.55. The third-order valence-corrected chi connectivity index (χ3v) is 4.52. The van der Waals surface area contributed by atoms with Gasteiger partial charge in [0.25, 0.3) is 0 Å². The molecule has 0 atom stereocenters. The fourth-order valence-corrected chi connectivity index (χ4v) is 2.92. The SMILES string of the molecule is CCN1CCN(C(=O)/C=C(/c2ccc(F)c(C)c2)C(C)C)CC1. The van der Waals surface area contributed by atoms with E-state index in [0.717, 1.165) is 43.9 Å². The normalized spacial score (nSPS) is 17.0. The van der Waals surface area contributed by atoms with Crippen molar-refractivity contribution in [2.24, 2.45) is 5.92 Å². The Hall–Kier alpha value is -1.68. The number of amides is 1. The van der Waals surface area contributed by atoms with Crippen molar-refractivity contribution in [2.45, 2.75) is 27.7 Å². The van der Waals surface area contributed by atoms with Crippen LogP contribution in [0.5, 0.6) is 0 Å². The van der Waals surface area contributed by atoms with Crippen LogP contribution in [0.1, 0.15) is 31.9 Å². The number of allylic oxidation sites excluding steroid dienone is 1. The van der Waals surface area contributed by atoms with E-state index in [-0.39, 0.29) is 17.6 Å². The van der Waals surface area contributed by atoms with E-state index in [4.69, 9.17) is 0 Å². The summed E-state index contributed by atoms with van der Waals surface area (Å²) in [5, 5.41) is 0. The smallest absolute Gasteiger partial charge is 0.246 e. The standard InChI is InChI=1S/C19H27FN2O/c1-5-21-8-10-22(11-9-21)19(23)13-17(14(2)3)16-6-7-18(20)15(4)12-16/h6-7,12-14H,5,8-11H2,1-4H3/b17-13+. The van der Waals surface area contributed by atoms with Gasteiger partial charge in [0.1, 0.15) is 5.82 Å². The Kier molecular flexibility index (Phi) is 5.94. The van der Waals surface area contributed by atoms with Crippen LogP contribution >= 0.6 is 0 Å². The van der Waals surface area contributed by atoms with Crippen molar-refractivity contribution >= 4 is 11.5 Å². The first-order valence-electron chi connectivity index (χ1n) is 8.41. The molecular weight excluding hydrogens is 291 g/mol. The van der Waals surface area contributed by atoms with Crippen LogP contribution in [0.25, 0.3) is 5.57 Å². The number of hydrogen-bond donors (Lipinski definition) is 0. The molecule has 1 amide bonds. The van der Waals surface area contributed by atoms with Crippen LogP contribution in [-0.4, -0.2) is 48.4 Å². The second-order valence-corrected chi connectivity index (χ2v) is 6.48. The zero-order valence-corrected chi connectivity index (χ0v) is 14.6. The highest BCUT2D eigenvalue weighted by Gasteiger charge is 2.20. The maximum Gasteiger partial charge on any atom is 0.246 e. The van der Waals surface area contributed by atoms with Gasteiger partial charge < -0.3 is 9.80 Å². The molecule has 1 aliphatic rings. The van der Waals surface area contributed by atoms with Crippen molar-refractivity contribution in [3.63, 3.8) is 0 Å². The molecular formula is C19H27FN2O. The van der Waals surface area contributed by atoms with Crippen molar-refractivity contribution in [3.05, 3.63) is 41.2 Å². The van der Waals surface area contributed by atoms with Gasteiger partial charge in [-0.05, 0) is 48.2 Å². The van der Waals surface area contributed by atoms with E-state index in [1.807, 2.05) is 11.0 Å². The van der Waals surface area contributed by atoms with E-state index in [9.17, 15) is 9.18 Å². The summed E-state index contributed by atoms with van der Waals surface area (Å²) in [6.45, 7) is 12.5. The number of benzene rings is 1. The third kappa shape index (κ3) is 4.41. The first kappa shape index (κ1) is 17.7. The quantitative estimate of drug-likeness (QED) is 0.795. The molecule has 0 bridgehead atoms. The number of aryl methyl sites for hydroxylation is 1. The molecule has 2 rings (SSSR count). The van der Waals surface area contributed by atoms with E-state index in [2.05, 4.69) is 25.7 Å². The molecule has 0 aliphatic carbocycles. The molecule has 1 aromatic carbocycles. The van der Waals surface area contributed by atoms with Crippen LogP contribution in [0.4, 0.5) is 4.39 Å². The first-order valence-corrected chi connectivity index (χ1v) is 8.41. The van der Waals surface area contributed by atoms with Gasteiger partial charge in [-0.3, -0.25) is 4.79 Å². The molecule has 4 heteroatoms. The number of hydrogen-bond acceptors (Lipinski definition) is 2. The summed E-state index contributed by atoms with van der Waals surface area (Å²) < 4.78 is 13.5. The summed E-state index contributed by atoms with van der Waals surface area (Å²) in [4.78, 5) is 16.8. The second-order valence-electron chi connectivity index (χ2n) is 6.48. The van der Waals surface area contributed by atoms with Crippen LogP contribution in [0.2, 0.25) is 0 Å². The number of piperazine rings is 1. The Morgan fingerprint density at radius 3 is 2.43 bits per heavy atom. The fourth-order valence-electron chi connectivity index (χ4n) is 2.92. The molecule has 0 aromatic heterocycles. The van der Waals surface area contributed by atoms with Crippen LogP contribution in [0, 0.1) is 18.7 Å². The zero-order valence-electron chi connectivity index (χ0n) is 14.6. The Morgan fingerprint density at radius 2 is 1.91 bits per heavy atom. The monoisotopic (exact) mass is 318 g/mol. The summed E-state index contributed by atoms with van der Waals surface area (Å²) in [7, 11) is 0. The molecule has 1 heterocycles. The van der Waals surface area contributed by atoms with E-state index >= 15 is 0 Å². The summed E-state index contributed by atoms with van der Waals surface area (Å²) in [6.07, 6.45) is 1.74. The second kappa shape index (κ2) is 7.73. The van der Waals surface area contributed by atoms with Gasteiger partial charge in [-0.1, -0.05) is 26.8 Å². The van der Waals surface area contributed by atoms with Gasteiger partial charge in [0, 0.05) is 32.3 Å². The van der Waals surface area contributed by atoms with E-state index in [0.29, 0.717) is 5.56 Å². The molecule has 1 saturated heterocycles. The summed E-state index contributed by atoms with van der Waals surface area (Å²) >= 11 is 0. The Bertz CT molecular complexity index is 587. The maximum atomic E-state index is 13.5. The summed E-state index contributed by atoms with van der Waals surface area (Å²) in [5.41, 5.74) is 2.51. The minimum absolute atomic E-state index is 0.0615. The first-order chi connectivity index (χ1) is 10.9. The van der Waals surface area contributed by atoms with Gasteiger partial charge in [-0.15, -0.1) is 0 Å². The average molecular weight is 318 g/mol. The van der Waals surface area contributed by atoms with Gasteiger partial charge in [0.05, 0.1) is 0 Å². The molecule has 1 fully saturated rings. The number of nitrogens with zero attached hydrogens (tertiary/aromatic N) is 2. The topological polar surface area (TPSA) is 23.6 Å². The van der Waals surface area contributed by atoms with E-state index in [1.54, 1.807) is 19.1 Å². The van der Waals surface area contributed by atoms with E-state index in [1.165, 1.54) is 6.07 Å². The summed E-state index contributed by atoms with van der Waals surface area (Å²) in [5.74, 6) is 0.0612. The Morgan fingerprint density at radius 1 is 1.26 bits per heavy atom. The predicted molar refractivity (Wildman–Crippen MR) is 92.6 cm³/mol. The molecule has 1 aromatic rings. The van der Waals surface area contributed by atoms with Crippen LogP contribution in [0.15, 0.2) is 24.3 Å². The fraction of sp³-hybridized carbons (Fsp3) is 0.526. The molecule has 23 heavy (non-hydrogen) atoms. The van der Waals surface area contributed by atoms with Gasteiger partial charge in [0.2, 0.25) is 5.91 Å². The molecule has 0 radical (unpaired) electrons. The zero-order chi connectivity index (χ0) is 17.0. The lowest BCUT2D eigenvalue weighted by Crippen LogP contribution is -2.48. The third-order valence-electron chi connectivity index (χ3n) is 4.52. The maximum absolute atomic E-state index is 13.5. The highest BCUT2D eigenvalue weighted by Crippen LogP contribution is 2.25. The highest BCUT2D eigenvalue weighted by molar-refractivity contribution is 5.95. The molecule has 0 unspecified atom stereocenters. The molecule has 0 N–H and O–H groups in total. The van der Waals surface area contributed by atoms with Crippen molar-refractivity contribution in [1.29, 1.82) is 0 Å². The van der Waals surface area contributed by atoms with Crippen LogP contribution in [-0.2, 0) is 4.79 Å². The molecule has 0 saturated carbocycles.